The highest BCUT2D eigenvalue weighted by Gasteiger charge is 2.27. The predicted molar refractivity (Wildman–Crippen MR) is 54.1 cm³/mol. The van der Waals surface area contributed by atoms with E-state index >= 15 is 0 Å². The number of aliphatic hydroxyl groups excluding tert-OH is 1. The van der Waals surface area contributed by atoms with Crippen molar-refractivity contribution in [3.63, 3.8) is 0 Å². The molecule has 0 aliphatic rings. The number of hydrogen-bond donors (Lipinski definition) is 4. The van der Waals surface area contributed by atoms with E-state index in [1.807, 2.05) is 13.8 Å². The topological polar surface area (TPSA) is 95.6 Å². The first kappa shape index (κ1) is 13.2. The fourth-order valence-electron chi connectivity index (χ4n) is 1.27. The van der Waals surface area contributed by atoms with E-state index in [9.17, 15) is 4.79 Å². The Morgan fingerprint density at radius 2 is 2.21 bits per heavy atom. The van der Waals surface area contributed by atoms with Crippen LogP contribution >= 0.6 is 0 Å². The fraction of sp³-hybridized carbons (Fsp3) is 0.889. The normalized spacial score (nSPS) is 17.1. The number of carboxylic acid groups (broad SMARTS) is 1. The molecule has 5 heteroatoms. The second-order valence-corrected chi connectivity index (χ2v) is 3.76. The van der Waals surface area contributed by atoms with Gasteiger partial charge in [0.05, 0.1) is 0 Å². The molecule has 0 aliphatic heterocycles. The maximum absolute atomic E-state index is 10.2. The van der Waals surface area contributed by atoms with Crippen molar-refractivity contribution >= 4 is 6.09 Å². The van der Waals surface area contributed by atoms with Gasteiger partial charge in [-0.25, -0.2) is 4.79 Å². The SMILES string of the molecule is CC[C@@](C)(N)[C@@H](CO)CCNC(=O)O. The van der Waals surface area contributed by atoms with Crippen LogP contribution in [0.3, 0.4) is 0 Å². The third-order valence-corrected chi connectivity index (χ3v) is 2.68. The molecule has 0 aromatic carbocycles. The summed E-state index contributed by atoms with van der Waals surface area (Å²) in [5.74, 6) is -0.0700. The van der Waals surface area contributed by atoms with Gasteiger partial charge < -0.3 is 21.3 Å². The first-order chi connectivity index (χ1) is 6.44. The van der Waals surface area contributed by atoms with E-state index in [0.29, 0.717) is 13.0 Å². The van der Waals surface area contributed by atoms with Crippen LogP contribution in [-0.2, 0) is 0 Å². The molecule has 0 fully saturated rings. The van der Waals surface area contributed by atoms with Crippen LogP contribution in [0, 0.1) is 5.92 Å². The lowest BCUT2D eigenvalue weighted by molar-refractivity contribution is 0.146. The molecule has 0 radical (unpaired) electrons. The van der Waals surface area contributed by atoms with E-state index in [-0.39, 0.29) is 12.5 Å². The van der Waals surface area contributed by atoms with Crippen molar-refractivity contribution in [2.75, 3.05) is 13.2 Å². The number of rotatable bonds is 6. The molecule has 0 aromatic heterocycles. The van der Waals surface area contributed by atoms with Crippen LogP contribution in [-0.4, -0.2) is 35.0 Å². The molecule has 0 spiro atoms. The summed E-state index contributed by atoms with van der Waals surface area (Å²) in [6, 6.07) is 0. The van der Waals surface area contributed by atoms with Gasteiger partial charge in [0.1, 0.15) is 0 Å². The Morgan fingerprint density at radius 3 is 2.57 bits per heavy atom. The summed E-state index contributed by atoms with van der Waals surface area (Å²) >= 11 is 0. The number of nitrogens with two attached hydrogens (primary N) is 1. The summed E-state index contributed by atoms with van der Waals surface area (Å²) in [4.78, 5) is 10.2. The summed E-state index contributed by atoms with van der Waals surface area (Å²) in [6.07, 6.45) is 0.270. The van der Waals surface area contributed by atoms with Gasteiger partial charge in [-0.15, -0.1) is 0 Å². The second-order valence-electron chi connectivity index (χ2n) is 3.76. The molecule has 0 bridgehead atoms. The molecule has 0 rings (SSSR count). The van der Waals surface area contributed by atoms with Crippen molar-refractivity contribution in [1.82, 2.24) is 5.32 Å². The van der Waals surface area contributed by atoms with Crippen molar-refractivity contribution in [3.05, 3.63) is 0 Å². The monoisotopic (exact) mass is 204 g/mol. The Bertz CT molecular complexity index is 183. The first-order valence-corrected chi connectivity index (χ1v) is 4.80. The van der Waals surface area contributed by atoms with Crippen LogP contribution in [0.1, 0.15) is 26.7 Å². The Labute approximate surface area is 84.3 Å². The molecule has 14 heavy (non-hydrogen) atoms. The van der Waals surface area contributed by atoms with Gasteiger partial charge >= 0.3 is 6.09 Å². The minimum absolute atomic E-state index is 0.0118. The Kier molecular flexibility index (Phi) is 5.49. The Hall–Kier alpha value is -0.810. The molecule has 84 valence electrons. The van der Waals surface area contributed by atoms with Crippen LogP contribution in [0.5, 0.6) is 0 Å². The van der Waals surface area contributed by atoms with Crippen molar-refractivity contribution in [3.8, 4) is 0 Å². The lowest BCUT2D eigenvalue weighted by Gasteiger charge is -2.32. The summed E-state index contributed by atoms with van der Waals surface area (Å²) in [6.45, 7) is 4.14. The minimum Gasteiger partial charge on any atom is -0.465 e. The standard InChI is InChI=1S/C9H20N2O3/c1-3-9(2,10)7(6-12)4-5-11-8(13)14/h7,11-12H,3-6,10H2,1-2H3,(H,13,14)/t7-,9-/m1/s1. The van der Waals surface area contributed by atoms with Crippen molar-refractivity contribution < 1.29 is 15.0 Å². The van der Waals surface area contributed by atoms with E-state index in [2.05, 4.69) is 5.32 Å². The maximum atomic E-state index is 10.2. The smallest absolute Gasteiger partial charge is 0.404 e. The van der Waals surface area contributed by atoms with Gasteiger partial charge in [-0.3, -0.25) is 0 Å². The van der Waals surface area contributed by atoms with E-state index in [0.717, 1.165) is 6.42 Å². The highest BCUT2D eigenvalue weighted by Crippen LogP contribution is 2.20. The number of nitrogens with one attached hydrogen (secondary N) is 1. The van der Waals surface area contributed by atoms with Gasteiger partial charge in [-0.05, 0) is 19.8 Å². The summed E-state index contributed by atoms with van der Waals surface area (Å²) in [7, 11) is 0. The van der Waals surface area contributed by atoms with Gasteiger partial charge in [-0.1, -0.05) is 6.92 Å². The number of aliphatic hydroxyl groups is 1. The lowest BCUT2D eigenvalue weighted by atomic mass is 9.82. The average Bonchev–Trinajstić information content (AvgIpc) is 2.11. The highest BCUT2D eigenvalue weighted by atomic mass is 16.4. The van der Waals surface area contributed by atoms with Gasteiger partial charge in [0.25, 0.3) is 0 Å². The molecule has 0 aliphatic carbocycles. The molecular weight excluding hydrogens is 184 g/mol. The second kappa shape index (κ2) is 5.82. The minimum atomic E-state index is -1.04. The Morgan fingerprint density at radius 1 is 1.64 bits per heavy atom. The number of hydrogen-bond acceptors (Lipinski definition) is 3. The van der Waals surface area contributed by atoms with E-state index in [4.69, 9.17) is 15.9 Å². The zero-order valence-corrected chi connectivity index (χ0v) is 8.79. The maximum Gasteiger partial charge on any atom is 0.404 e. The van der Waals surface area contributed by atoms with Gasteiger partial charge in [0, 0.05) is 24.6 Å². The van der Waals surface area contributed by atoms with Crippen molar-refractivity contribution in [1.29, 1.82) is 0 Å². The van der Waals surface area contributed by atoms with Crippen molar-refractivity contribution in [2.24, 2.45) is 11.7 Å². The molecule has 0 heterocycles. The molecule has 0 saturated carbocycles. The number of carbonyl (C=O) groups is 1. The van der Waals surface area contributed by atoms with Crippen LogP contribution in [0.15, 0.2) is 0 Å². The van der Waals surface area contributed by atoms with Crippen LogP contribution < -0.4 is 11.1 Å². The molecule has 2 atom stereocenters. The van der Waals surface area contributed by atoms with E-state index in [1.165, 1.54) is 0 Å². The third kappa shape index (κ3) is 4.43. The van der Waals surface area contributed by atoms with Crippen molar-refractivity contribution in [2.45, 2.75) is 32.2 Å². The fourth-order valence-corrected chi connectivity index (χ4v) is 1.27. The molecule has 5 nitrogen and oxygen atoms in total. The zero-order chi connectivity index (χ0) is 11.2. The van der Waals surface area contributed by atoms with Crippen LogP contribution in [0.2, 0.25) is 0 Å². The predicted octanol–water partition coefficient (Wildman–Crippen LogP) is 0.380. The van der Waals surface area contributed by atoms with Crippen LogP contribution in [0.25, 0.3) is 0 Å². The zero-order valence-electron chi connectivity index (χ0n) is 8.79. The summed E-state index contributed by atoms with van der Waals surface area (Å²) in [5, 5.41) is 19.7. The van der Waals surface area contributed by atoms with E-state index in [1.54, 1.807) is 0 Å². The van der Waals surface area contributed by atoms with Crippen LogP contribution in [0.4, 0.5) is 4.79 Å². The molecular formula is C9H20N2O3. The van der Waals surface area contributed by atoms with Gasteiger partial charge in [0.2, 0.25) is 0 Å². The molecule has 5 N–H and O–H groups in total. The first-order valence-electron chi connectivity index (χ1n) is 4.80. The molecule has 0 saturated heterocycles. The van der Waals surface area contributed by atoms with Gasteiger partial charge in [0.15, 0.2) is 0 Å². The average molecular weight is 204 g/mol. The molecule has 1 amide bonds. The summed E-state index contributed by atoms with van der Waals surface area (Å²) < 4.78 is 0. The van der Waals surface area contributed by atoms with E-state index < -0.39 is 11.6 Å². The molecule has 0 aromatic rings. The highest BCUT2D eigenvalue weighted by molar-refractivity contribution is 5.64. The molecule has 0 unspecified atom stereocenters. The summed E-state index contributed by atoms with van der Waals surface area (Å²) in [5.41, 5.74) is 5.52. The Balaban J connectivity index is 3.97. The lowest BCUT2D eigenvalue weighted by Crippen LogP contribution is -2.46. The number of amides is 1. The largest absolute Gasteiger partial charge is 0.465 e. The van der Waals surface area contributed by atoms with Gasteiger partial charge in [-0.2, -0.15) is 0 Å². The third-order valence-electron chi connectivity index (χ3n) is 2.68. The quantitative estimate of drug-likeness (QED) is 0.503.